The van der Waals surface area contributed by atoms with Gasteiger partial charge in [-0.1, -0.05) is 0 Å². The summed E-state index contributed by atoms with van der Waals surface area (Å²) in [5.74, 6) is -8.81. The maximum absolute atomic E-state index is 13.7. The van der Waals surface area contributed by atoms with Gasteiger partial charge in [0.05, 0.1) is 10.8 Å². The maximum Gasteiger partial charge on any atom is 0.308 e. The second kappa shape index (κ2) is 11.0. The largest absolute Gasteiger partial charge is 0.448 e. The van der Waals surface area contributed by atoms with Crippen LogP contribution >= 0.6 is 0 Å². The molecule has 0 fully saturated rings. The summed E-state index contributed by atoms with van der Waals surface area (Å²) in [6.45, 7) is 6.07. The van der Waals surface area contributed by atoms with E-state index in [1.165, 1.54) is 0 Å². The second-order valence-electron chi connectivity index (χ2n) is 7.81. The molecule has 0 radical (unpaired) electrons. The van der Waals surface area contributed by atoms with Gasteiger partial charge >= 0.3 is 35.8 Å². The first kappa shape index (κ1) is 28.3. The highest BCUT2D eigenvalue weighted by Gasteiger charge is 2.30. The van der Waals surface area contributed by atoms with Crippen LogP contribution < -0.4 is 33.8 Å². The lowest BCUT2D eigenvalue weighted by atomic mass is 10.1. The van der Waals surface area contributed by atoms with Crippen LogP contribution in [0.15, 0.2) is 21.3 Å². The molecule has 0 spiro atoms. The highest BCUT2D eigenvalue weighted by molar-refractivity contribution is 6.01. The van der Waals surface area contributed by atoms with Crippen molar-refractivity contribution in [1.82, 2.24) is 0 Å². The minimum atomic E-state index is -0.946. The first-order valence-electron chi connectivity index (χ1n) is 10.9. The minimum Gasteiger partial charge on any atom is -0.448 e. The molecule has 2 aromatic carbocycles. The van der Waals surface area contributed by atoms with E-state index in [4.69, 9.17) is 32.8 Å². The zero-order valence-corrected chi connectivity index (χ0v) is 21.4. The Labute approximate surface area is 218 Å². The first-order valence-corrected chi connectivity index (χ1v) is 10.9. The van der Waals surface area contributed by atoms with Gasteiger partial charge in [-0.3, -0.25) is 33.6 Å². The van der Waals surface area contributed by atoms with Crippen molar-refractivity contribution in [3.05, 3.63) is 22.4 Å². The van der Waals surface area contributed by atoms with E-state index in [0.29, 0.717) is 0 Å². The van der Waals surface area contributed by atoms with Crippen LogP contribution in [-0.2, 0) is 28.8 Å². The molecule has 0 saturated carbocycles. The van der Waals surface area contributed by atoms with Gasteiger partial charge in [0.15, 0.2) is 22.7 Å². The van der Waals surface area contributed by atoms with Crippen LogP contribution in [0.1, 0.15) is 41.5 Å². The molecule has 1 aromatic heterocycles. The van der Waals surface area contributed by atoms with Crippen LogP contribution in [0.2, 0.25) is 0 Å². The predicted molar refractivity (Wildman–Crippen MR) is 128 cm³/mol. The van der Waals surface area contributed by atoms with Gasteiger partial charge in [0.1, 0.15) is 0 Å². The molecule has 0 aliphatic heterocycles. The van der Waals surface area contributed by atoms with Crippen LogP contribution in [0.4, 0.5) is 0 Å². The number of carbonyl (C=O) groups excluding carboxylic acids is 6. The van der Waals surface area contributed by atoms with Crippen LogP contribution in [0.3, 0.4) is 0 Å². The number of carbonyl (C=O) groups is 6. The minimum absolute atomic E-state index is 0.353. The van der Waals surface area contributed by atoms with Crippen molar-refractivity contribution in [3.8, 4) is 34.5 Å². The summed E-state index contributed by atoms with van der Waals surface area (Å²) >= 11 is 0. The number of hydrogen-bond donors (Lipinski definition) is 0. The number of fused-ring (bicyclic) bond motifs is 2. The lowest BCUT2D eigenvalue weighted by Crippen LogP contribution is -2.14. The zero-order chi connectivity index (χ0) is 29.2. The molecule has 0 unspecified atom stereocenters. The number of ether oxygens (including phenoxy) is 6. The van der Waals surface area contributed by atoms with Crippen LogP contribution in [0.5, 0.6) is 34.5 Å². The third-order valence-corrected chi connectivity index (χ3v) is 4.50. The van der Waals surface area contributed by atoms with E-state index in [9.17, 15) is 33.6 Å². The summed E-state index contributed by atoms with van der Waals surface area (Å²) in [6.07, 6.45) is 0. The SMILES string of the molecule is CC(=O)Oc1cc2c(=O)c3cc(OC(C)=O)c(OC(C)=O)c(OC(C)=O)c3oc2c(OC(C)=O)c1OC(C)=O. The Morgan fingerprint density at radius 2 is 0.769 bits per heavy atom. The van der Waals surface area contributed by atoms with Gasteiger partial charge < -0.3 is 32.8 Å². The Kier molecular flexibility index (Phi) is 7.98. The van der Waals surface area contributed by atoms with Crippen molar-refractivity contribution in [2.45, 2.75) is 41.5 Å². The molecule has 3 aromatic rings. The topological polar surface area (TPSA) is 188 Å². The molecule has 0 bridgehead atoms. The Morgan fingerprint density at radius 1 is 0.487 bits per heavy atom. The van der Waals surface area contributed by atoms with Gasteiger partial charge in [-0.15, -0.1) is 0 Å². The molecule has 3 rings (SSSR count). The van der Waals surface area contributed by atoms with Gasteiger partial charge in [0, 0.05) is 53.7 Å². The number of hydrogen-bond acceptors (Lipinski definition) is 14. The fourth-order valence-electron chi connectivity index (χ4n) is 3.40. The molecule has 14 heteroatoms. The smallest absolute Gasteiger partial charge is 0.308 e. The average molecular weight is 544 g/mol. The molecule has 39 heavy (non-hydrogen) atoms. The van der Waals surface area contributed by atoms with E-state index < -0.39 is 86.9 Å². The predicted octanol–water partition coefficient (Wildman–Crippen LogP) is 2.50. The van der Waals surface area contributed by atoms with Crippen molar-refractivity contribution >= 4 is 57.8 Å². The third kappa shape index (κ3) is 6.18. The van der Waals surface area contributed by atoms with E-state index in [-0.39, 0.29) is 10.8 Å². The van der Waals surface area contributed by atoms with E-state index in [1.54, 1.807) is 0 Å². The lowest BCUT2D eigenvalue weighted by molar-refractivity contribution is -0.135. The summed E-state index contributed by atoms with van der Waals surface area (Å²) < 4.78 is 36.5. The zero-order valence-electron chi connectivity index (χ0n) is 21.4. The monoisotopic (exact) mass is 544 g/mol. The van der Waals surface area contributed by atoms with E-state index in [1.807, 2.05) is 0 Å². The van der Waals surface area contributed by atoms with E-state index >= 15 is 0 Å². The average Bonchev–Trinajstić information content (AvgIpc) is 2.77. The van der Waals surface area contributed by atoms with Gasteiger partial charge in [-0.25, -0.2) is 0 Å². The number of esters is 6. The fraction of sp³-hybridized carbons (Fsp3) is 0.240. The fourth-order valence-corrected chi connectivity index (χ4v) is 3.40. The van der Waals surface area contributed by atoms with Crippen LogP contribution in [-0.4, -0.2) is 35.8 Å². The standard InChI is InChI=1S/C25H20O14/c1-9(26)33-17-7-15-19(32)16-8-18(34-10(2)27)23(36-12(4)29)25(38-14(6)31)21(16)39-20(15)24(37-13(5)30)22(17)35-11(3)28/h7-8H,1-6H3. The highest BCUT2D eigenvalue weighted by Crippen LogP contribution is 2.48. The van der Waals surface area contributed by atoms with E-state index in [0.717, 1.165) is 53.7 Å². The van der Waals surface area contributed by atoms with Gasteiger partial charge in [0.2, 0.25) is 28.4 Å². The molecule has 0 atom stereocenters. The van der Waals surface area contributed by atoms with Crippen molar-refractivity contribution in [1.29, 1.82) is 0 Å². The quantitative estimate of drug-likeness (QED) is 0.250. The summed E-state index contributed by atoms with van der Waals surface area (Å²) in [6, 6.07) is 1.98. The van der Waals surface area contributed by atoms with Gasteiger partial charge in [0.25, 0.3) is 0 Å². The molecule has 0 aliphatic carbocycles. The molecular formula is C25H20O14. The van der Waals surface area contributed by atoms with Crippen molar-refractivity contribution in [2.24, 2.45) is 0 Å². The first-order chi connectivity index (χ1) is 18.2. The molecule has 0 aliphatic rings. The normalized spacial score (nSPS) is 10.5. The summed E-state index contributed by atoms with van der Waals surface area (Å²) in [7, 11) is 0. The summed E-state index contributed by atoms with van der Waals surface area (Å²) in [5.41, 5.74) is -1.90. The molecule has 204 valence electrons. The molecule has 0 amide bonds. The van der Waals surface area contributed by atoms with Crippen LogP contribution in [0, 0.1) is 0 Å². The van der Waals surface area contributed by atoms with E-state index in [2.05, 4.69) is 0 Å². The number of rotatable bonds is 6. The van der Waals surface area contributed by atoms with Gasteiger partial charge in [-0.2, -0.15) is 0 Å². The Hall–Kier alpha value is -5.27. The molecule has 14 nitrogen and oxygen atoms in total. The highest BCUT2D eigenvalue weighted by atomic mass is 16.6. The Balaban J connectivity index is 2.63. The Morgan fingerprint density at radius 3 is 1.05 bits per heavy atom. The Bertz CT molecular complexity index is 1530. The van der Waals surface area contributed by atoms with Gasteiger partial charge in [-0.05, 0) is 0 Å². The van der Waals surface area contributed by atoms with Crippen molar-refractivity contribution < 1.29 is 61.6 Å². The molecular weight excluding hydrogens is 524 g/mol. The maximum atomic E-state index is 13.7. The molecule has 0 saturated heterocycles. The van der Waals surface area contributed by atoms with Crippen LogP contribution in [0.25, 0.3) is 21.9 Å². The summed E-state index contributed by atoms with van der Waals surface area (Å²) in [5, 5.41) is -0.706. The van der Waals surface area contributed by atoms with Crippen molar-refractivity contribution in [2.75, 3.05) is 0 Å². The number of benzene rings is 2. The third-order valence-electron chi connectivity index (χ3n) is 4.50. The van der Waals surface area contributed by atoms with Crippen molar-refractivity contribution in [3.63, 3.8) is 0 Å². The molecule has 1 heterocycles. The summed E-state index contributed by atoms with van der Waals surface area (Å²) in [4.78, 5) is 84.6. The second-order valence-corrected chi connectivity index (χ2v) is 7.81. The molecule has 0 N–H and O–H groups in total. The lowest BCUT2D eigenvalue weighted by Gasteiger charge is -2.17.